The Hall–Kier alpha value is -3.14. The summed E-state index contributed by atoms with van der Waals surface area (Å²) in [6, 6.07) is 10.4. The summed E-state index contributed by atoms with van der Waals surface area (Å²) in [6.45, 7) is 5.59. The summed E-state index contributed by atoms with van der Waals surface area (Å²) in [5, 5.41) is 29.6. The molecule has 1 aliphatic heterocycles. The van der Waals surface area contributed by atoms with Gasteiger partial charge in [0.05, 0.1) is 23.4 Å². The average Bonchev–Trinajstić information content (AvgIpc) is 2.67. The van der Waals surface area contributed by atoms with E-state index >= 15 is 0 Å². The van der Waals surface area contributed by atoms with Crippen LogP contribution in [0, 0.1) is 45.3 Å². The van der Waals surface area contributed by atoms with Gasteiger partial charge in [0.1, 0.15) is 6.07 Å². The normalized spacial score (nSPS) is 24.8. The second-order valence-electron chi connectivity index (χ2n) is 7.01. The van der Waals surface area contributed by atoms with Crippen LogP contribution in [0.2, 0.25) is 0 Å². The van der Waals surface area contributed by atoms with Gasteiger partial charge in [-0.3, -0.25) is 9.88 Å². The minimum absolute atomic E-state index is 0.0550. The Kier molecular flexibility index (Phi) is 4.51. The first-order valence-electron chi connectivity index (χ1n) is 8.57. The summed E-state index contributed by atoms with van der Waals surface area (Å²) in [5.41, 5.74) is 6.64. The number of hydrogen-bond donors (Lipinski definition) is 1. The SMILES string of the molecule is CC(C)N1CC=C2C(C#N)=C(N)C(C#N)(C#N)[C@@H](c3cccnc3)[C@@H]2C1. The monoisotopic (exact) mass is 344 g/mol. The Bertz CT molecular complexity index is 877. The molecule has 0 aromatic carbocycles. The molecule has 26 heavy (non-hydrogen) atoms. The number of hydrogen-bond acceptors (Lipinski definition) is 6. The fraction of sp³-hybridized carbons (Fsp3) is 0.400. The molecule has 130 valence electrons. The molecule has 1 aliphatic carbocycles. The molecule has 6 nitrogen and oxygen atoms in total. The molecule has 0 unspecified atom stereocenters. The maximum absolute atomic E-state index is 9.97. The number of fused-ring (bicyclic) bond motifs is 1. The lowest BCUT2D eigenvalue weighted by molar-refractivity contribution is 0.174. The van der Waals surface area contributed by atoms with E-state index in [4.69, 9.17) is 5.73 Å². The lowest BCUT2D eigenvalue weighted by Gasteiger charge is -2.46. The van der Waals surface area contributed by atoms with Crippen LogP contribution < -0.4 is 5.73 Å². The van der Waals surface area contributed by atoms with Crippen LogP contribution in [0.3, 0.4) is 0 Å². The van der Waals surface area contributed by atoms with E-state index in [-0.39, 0.29) is 17.2 Å². The van der Waals surface area contributed by atoms with Gasteiger partial charge in [-0.15, -0.1) is 0 Å². The molecule has 1 aromatic heterocycles. The van der Waals surface area contributed by atoms with Crippen LogP contribution in [0.4, 0.5) is 0 Å². The van der Waals surface area contributed by atoms with E-state index in [1.165, 1.54) is 0 Å². The van der Waals surface area contributed by atoms with E-state index in [0.717, 1.165) is 11.1 Å². The fourth-order valence-corrected chi connectivity index (χ4v) is 4.06. The molecule has 2 atom stereocenters. The smallest absolute Gasteiger partial charge is 0.191 e. The summed E-state index contributed by atoms with van der Waals surface area (Å²) in [5.74, 6) is -0.646. The van der Waals surface area contributed by atoms with Gasteiger partial charge < -0.3 is 5.73 Å². The lowest BCUT2D eigenvalue weighted by Crippen LogP contribution is -2.49. The third-order valence-electron chi connectivity index (χ3n) is 5.47. The number of nitrogens with zero attached hydrogens (tertiary/aromatic N) is 5. The number of nitriles is 3. The van der Waals surface area contributed by atoms with Crippen molar-refractivity contribution in [2.24, 2.45) is 17.1 Å². The minimum atomic E-state index is -1.59. The summed E-state index contributed by atoms with van der Waals surface area (Å²) in [6.07, 6.45) is 5.36. The van der Waals surface area contributed by atoms with E-state index in [9.17, 15) is 15.8 Å². The molecule has 3 rings (SSSR count). The number of pyridine rings is 1. The largest absolute Gasteiger partial charge is 0.399 e. The number of rotatable bonds is 2. The highest BCUT2D eigenvalue weighted by atomic mass is 15.2. The van der Waals surface area contributed by atoms with E-state index in [2.05, 4.69) is 41.9 Å². The predicted octanol–water partition coefficient (Wildman–Crippen LogP) is 2.22. The summed E-state index contributed by atoms with van der Waals surface area (Å²) in [7, 11) is 0. The van der Waals surface area contributed by atoms with Crippen LogP contribution in [0.25, 0.3) is 0 Å². The van der Waals surface area contributed by atoms with Gasteiger partial charge in [0.25, 0.3) is 0 Å². The van der Waals surface area contributed by atoms with Crippen molar-refractivity contribution in [3.63, 3.8) is 0 Å². The topological polar surface area (TPSA) is 114 Å². The summed E-state index contributed by atoms with van der Waals surface area (Å²) >= 11 is 0. The predicted molar refractivity (Wildman–Crippen MR) is 95.7 cm³/mol. The first-order valence-corrected chi connectivity index (χ1v) is 8.57. The van der Waals surface area contributed by atoms with E-state index in [1.54, 1.807) is 18.5 Å². The molecule has 0 saturated carbocycles. The zero-order valence-electron chi connectivity index (χ0n) is 14.8. The van der Waals surface area contributed by atoms with Crippen molar-refractivity contribution in [2.75, 3.05) is 13.1 Å². The zero-order chi connectivity index (χ0) is 18.9. The Morgan fingerprint density at radius 1 is 1.31 bits per heavy atom. The van der Waals surface area contributed by atoms with Crippen molar-refractivity contribution in [1.82, 2.24) is 9.88 Å². The molecule has 0 fully saturated rings. The Labute approximate surface area is 153 Å². The van der Waals surface area contributed by atoms with Crippen LogP contribution in [-0.2, 0) is 0 Å². The molecule has 0 bridgehead atoms. The van der Waals surface area contributed by atoms with Gasteiger partial charge in [-0.2, -0.15) is 15.8 Å². The van der Waals surface area contributed by atoms with Crippen molar-refractivity contribution < 1.29 is 0 Å². The van der Waals surface area contributed by atoms with Crippen molar-refractivity contribution in [3.05, 3.63) is 53.0 Å². The Morgan fingerprint density at radius 3 is 2.58 bits per heavy atom. The van der Waals surface area contributed by atoms with Gasteiger partial charge in [-0.05, 0) is 31.1 Å². The molecule has 0 radical (unpaired) electrons. The molecular formula is C20H20N6. The molecule has 2 N–H and O–H groups in total. The third-order valence-corrected chi connectivity index (χ3v) is 5.47. The first-order chi connectivity index (χ1) is 12.5. The van der Waals surface area contributed by atoms with Gasteiger partial charge >= 0.3 is 0 Å². The highest BCUT2D eigenvalue weighted by Gasteiger charge is 2.54. The maximum atomic E-state index is 9.97. The van der Waals surface area contributed by atoms with Gasteiger partial charge in [0, 0.05) is 43.4 Å². The van der Waals surface area contributed by atoms with Crippen LogP contribution >= 0.6 is 0 Å². The van der Waals surface area contributed by atoms with Gasteiger partial charge in [0.2, 0.25) is 0 Å². The average molecular weight is 344 g/mol. The standard InChI is InChI=1S/C20H20N6/c1-13(2)26-7-5-15-16(8-21)19(24)20(11-22,12-23)18(17(15)10-26)14-4-3-6-25-9-14/h3-6,9,13,17-18H,7,10,24H2,1-2H3/t17-,18+/m1/s1. The van der Waals surface area contributed by atoms with E-state index in [1.807, 2.05) is 12.1 Å². The van der Waals surface area contributed by atoms with E-state index < -0.39 is 11.3 Å². The van der Waals surface area contributed by atoms with Gasteiger partial charge in [0.15, 0.2) is 5.41 Å². The van der Waals surface area contributed by atoms with Crippen molar-refractivity contribution >= 4 is 0 Å². The first kappa shape index (κ1) is 17.7. The highest BCUT2D eigenvalue weighted by Crippen LogP contribution is 2.54. The summed E-state index contributed by atoms with van der Waals surface area (Å²) < 4.78 is 0. The Balaban J connectivity index is 2.29. The maximum Gasteiger partial charge on any atom is 0.191 e. The molecule has 0 amide bonds. The molecule has 2 aliphatic rings. The van der Waals surface area contributed by atoms with Crippen LogP contribution in [-0.4, -0.2) is 29.0 Å². The lowest BCUT2D eigenvalue weighted by atomic mass is 9.58. The highest BCUT2D eigenvalue weighted by molar-refractivity contribution is 5.59. The zero-order valence-corrected chi connectivity index (χ0v) is 14.8. The third kappa shape index (κ3) is 2.46. The second kappa shape index (κ2) is 6.64. The number of nitrogens with two attached hydrogens (primary N) is 1. The van der Waals surface area contributed by atoms with Crippen LogP contribution in [0.1, 0.15) is 25.3 Å². The van der Waals surface area contributed by atoms with Gasteiger partial charge in [-0.25, -0.2) is 0 Å². The van der Waals surface area contributed by atoms with Gasteiger partial charge in [-0.1, -0.05) is 12.1 Å². The molecule has 0 saturated heterocycles. The van der Waals surface area contributed by atoms with E-state index in [0.29, 0.717) is 19.1 Å². The van der Waals surface area contributed by atoms with Crippen LogP contribution in [0.15, 0.2) is 47.4 Å². The second-order valence-corrected chi connectivity index (χ2v) is 7.01. The number of aromatic nitrogens is 1. The fourth-order valence-electron chi connectivity index (χ4n) is 4.06. The quantitative estimate of drug-likeness (QED) is 0.880. The molecular weight excluding hydrogens is 324 g/mol. The van der Waals surface area contributed by atoms with Crippen molar-refractivity contribution in [1.29, 1.82) is 15.8 Å². The molecule has 6 heteroatoms. The van der Waals surface area contributed by atoms with Crippen molar-refractivity contribution in [2.45, 2.75) is 25.8 Å². The van der Waals surface area contributed by atoms with Crippen molar-refractivity contribution in [3.8, 4) is 18.2 Å². The molecule has 1 aromatic rings. The minimum Gasteiger partial charge on any atom is -0.399 e. The number of allylic oxidation sites excluding steroid dienone is 2. The van der Waals surface area contributed by atoms with Crippen LogP contribution in [0.5, 0.6) is 0 Å². The molecule has 2 heterocycles. The summed E-state index contributed by atoms with van der Waals surface area (Å²) in [4.78, 5) is 6.45. The molecule has 0 spiro atoms. The Morgan fingerprint density at radius 2 is 2.04 bits per heavy atom.